The summed E-state index contributed by atoms with van der Waals surface area (Å²) in [6.45, 7) is 3.99. The van der Waals surface area contributed by atoms with E-state index in [9.17, 15) is 15.2 Å². The van der Waals surface area contributed by atoms with Gasteiger partial charge in [-0.05, 0) is 19.4 Å². The molecule has 1 saturated heterocycles. The summed E-state index contributed by atoms with van der Waals surface area (Å²) in [4.78, 5) is 14.5. The molecule has 0 radical (unpaired) electrons. The number of hydrogen-bond acceptors (Lipinski definition) is 4. The minimum Gasteiger partial charge on any atom is -0.366 e. The summed E-state index contributed by atoms with van der Waals surface area (Å²) in [7, 11) is 0. The Balaban J connectivity index is 1.79. The Kier molecular flexibility index (Phi) is 4.33. The minimum absolute atomic E-state index is 0.150. The standard InChI is InChI=1S/C22H20N2O2S/c1-14-3-7-16(8-4-14)18-11-20(25)24-21(19(18)12-23)27-13-22(24,26)17-9-5-15(2)6-10-17/h3-10,18,26H,11,13H2,1-2H3/t18-,22-/m0/s1. The van der Waals surface area contributed by atoms with Gasteiger partial charge in [0.2, 0.25) is 5.91 Å². The third-order valence-electron chi connectivity index (χ3n) is 5.30. The second kappa shape index (κ2) is 6.56. The van der Waals surface area contributed by atoms with Gasteiger partial charge in [-0.3, -0.25) is 9.69 Å². The van der Waals surface area contributed by atoms with Crippen molar-refractivity contribution >= 4 is 17.7 Å². The largest absolute Gasteiger partial charge is 0.366 e. The highest BCUT2D eigenvalue weighted by Gasteiger charge is 2.51. The monoisotopic (exact) mass is 376 g/mol. The molecule has 1 N–H and O–H groups in total. The van der Waals surface area contributed by atoms with Gasteiger partial charge in [-0.15, -0.1) is 11.8 Å². The highest BCUT2D eigenvalue weighted by molar-refractivity contribution is 8.03. The maximum Gasteiger partial charge on any atom is 0.231 e. The smallest absolute Gasteiger partial charge is 0.231 e. The molecule has 0 saturated carbocycles. The molecule has 0 bridgehead atoms. The zero-order valence-electron chi connectivity index (χ0n) is 15.3. The van der Waals surface area contributed by atoms with E-state index >= 15 is 0 Å². The average Bonchev–Trinajstić information content (AvgIpc) is 3.02. The van der Waals surface area contributed by atoms with Crippen molar-refractivity contribution in [2.75, 3.05) is 5.75 Å². The summed E-state index contributed by atoms with van der Waals surface area (Å²) in [5.41, 5.74) is 3.01. The number of carbonyl (C=O) groups is 1. The van der Waals surface area contributed by atoms with E-state index < -0.39 is 5.72 Å². The number of thioether (sulfide) groups is 1. The first-order chi connectivity index (χ1) is 12.9. The molecule has 2 aliphatic rings. The summed E-state index contributed by atoms with van der Waals surface area (Å²) in [5.74, 6) is -0.0898. The fourth-order valence-corrected chi connectivity index (χ4v) is 5.10. The van der Waals surface area contributed by atoms with E-state index in [1.165, 1.54) is 16.7 Å². The lowest BCUT2D eigenvalue weighted by molar-refractivity contribution is -0.149. The third kappa shape index (κ3) is 2.86. The van der Waals surface area contributed by atoms with Crippen LogP contribution in [0.4, 0.5) is 0 Å². The number of rotatable bonds is 2. The van der Waals surface area contributed by atoms with Crippen LogP contribution < -0.4 is 0 Å². The Morgan fingerprint density at radius 1 is 1.11 bits per heavy atom. The maximum atomic E-state index is 13.1. The van der Waals surface area contributed by atoms with Crippen LogP contribution in [0.1, 0.15) is 34.6 Å². The minimum atomic E-state index is -1.41. The Labute approximate surface area is 163 Å². The van der Waals surface area contributed by atoms with Crippen LogP contribution in [0.5, 0.6) is 0 Å². The summed E-state index contributed by atoms with van der Waals surface area (Å²) in [6, 6.07) is 17.8. The van der Waals surface area contributed by atoms with Gasteiger partial charge >= 0.3 is 0 Å². The van der Waals surface area contributed by atoms with Gasteiger partial charge in [-0.1, -0.05) is 59.7 Å². The second-order valence-electron chi connectivity index (χ2n) is 7.20. The first-order valence-electron chi connectivity index (χ1n) is 8.90. The van der Waals surface area contributed by atoms with Crippen LogP contribution in [0.15, 0.2) is 59.1 Å². The second-order valence-corrected chi connectivity index (χ2v) is 8.16. The molecule has 2 atom stereocenters. The molecule has 0 unspecified atom stereocenters. The number of aryl methyl sites for hydroxylation is 2. The van der Waals surface area contributed by atoms with Crippen molar-refractivity contribution in [2.24, 2.45) is 0 Å². The molecule has 0 aromatic heterocycles. The summed E-state index contributed by atoms with van der Waals surface area (Å²) in [5, 5.41) is 21.8. The predicted molar refractivity (Wildman–Crippen MR) is 106 cm³/mol. The SMILES string of the molecule is Cc1ccc([C@@H]2CC(=O)N3C(=C2C#N)SC[C@]3(O)c2ccc(C)cc2)cc1. The lowest BCUT2D eigenvalue weighted by Crippen LogP contribution is -2.48. The number of aliphatic hydroxyl groups is 1. The molecule has 2 aliphatic heterocycles. The summed E-state index contributed by atoms with van der Waals surface area (Å²) >= 11 is 1.38. The predicted octanol–water partition coefficient (Wildman–Crippen LogP) is 3.95. The zero-order chi connectivity index (χ0) is 19.2. The van der Waals surface area contributed by atoms with E-state index in [1.807, 2.05) is 62.4 Å². The molecule has 2 aromatic rings. The van der Waals surface area contributed by atoms with Crippen LogP contribution in [0.3, 0.4) is 0 Å². The van der Waals surface area contributed by atoms with Crippen molar-refractivity contribution in [3.8, 4) is 6.07 Å². The average molecular weight is 376 g/mol. The molecule has 4 rings (SSSR count). The van der Waals surface area contributed by atoms with E-state index in [-0.39, 0.29) is 18.2 Å². The number of nitriles is 1. The molecule has 136 valence electrons. The molecule has 2 heterocycles. The number of benzene rings is 2. The van der Waals surface area contributed by atoms with Gasteiger partial charge in [-0.25, -0.2) is 0 Å². The topological polar surface area (TPSA) is 64.3 Å². The number of carbonyl (C=O) groups excluding carboxylic acids is 1. The molecule has 27 heavy (non-hydrogen) atoms. The molecule has 0 spiro atoms. The van der Waals surface area contributed by atoms with Crippen LogP contribution in [-0.4, -0.2) is 21.7 Å². The van der Waals surface area contributed by atoms with Crippen molar-refractivity contribution in [3.63, 3.8) is 0 Å². The Morgan fingerprint density at radius 2 is 1.70 bits per heavy atom. The Hall–Kier alpha value is -2.55. The Bertz CT molecular complexity index is 973. The lowest BCUT2D eigenvalue weighted by Gasteiger charge is -2.38. The highest BCUT2D eigenvalue weighted by atomic mass is 32.2. The van der Waals surface area contributed by atoms with Crippen LogP contribution in [0.25, 0.3) is 0 Å². The summed E-state index contributed by atoms with van der Waals surface area (Å²) < 4.78 is 0. The quantitative estimate of drug-likeness (QED) is 0.862. The van der Waals surface area contributed by atoms with Gasteiger partial charge in [0, 0.05) is 17.9 Å². The third-order valence-corrected chi connectivity index (χ3v) is 6.53. The fourth-order valence-electron chi connectivity index (χ4n) is 3.74. The molecule has 1 fully saturated rings. The van der Waals surface area contributed by atoms with Gasteiger partial charge in [0.25, 0.3) is 0 Å². The molecular weight excluding hydrogens is 356 g/mol. The van der Waals surface area contributed by atoms with Gasteiger partial charge in [0.05, 0.1) is 22.4 Å². The van der Waals surface area contributed by atoms with Crippen LogP contribution in [0.2, 0.25) is 0 Å². The van der Waals surface area contributed by atoms with Crippen LogP contribution in [0, 0.1) is 25.2 Å². The number of hydrogen-bond donors (Lipinski definition) is 1. The zero-order valence-corrected chi connectivity index (χ0v) is 16.1. The van der Waals surface area contributed by atoms with E-state index in [2.05, 4.69) is 6.07 Å². The van der Waals surface area contributed by atoms with Crippen molar-refractivity contribution in [1.82, 2.24) is 4.90 Å². The van der Waals surface area contributed by atoms with Crippen LogP contribution >= 0.6 is 11.8 Å². The normalized spacial score (nSPS) is 24.7. The van der Waals surface area contributed by atoms with Gasteiger partial charge in [0.15, 0.2) is 5.72 Å². The highest BCUT2D eigenvalue weighted by Crippen LogP contribution is 2.51. The number of nitrogens with zero attached hydrogens (tertiary/aromatic N) is 2. The van der Waals surface area contributed by atoms with Crippen molar-refractivity contribution in [2.45, 2.75) is 31.9 Å². The van der Waals surface area contributed by atoms with Crippen LogP contribution in [-0.2, 0) is 10.5 Å². The van der Waals surface area contributed by atoms with Gasteiger partial charge in [0.1, 0.15) is 0 Å². The van der Waals surface area contributed by atoms with Gasteiger partial charge < -0.3 is 5.11 Å². The van der Waals surface area contributed by atoms with E-state index in [0.717, 1.165) is 16.7 Å². The first-order valence-corrected chi connectivity index (χ1v) is 9.89. The van der Waals surface area contributed by atoms with Crippen molar-refractivity contribution in [3.05, 3.63) is 81.4 Å². The fraction of sp³-hybridized carbons (Fsp3) is 0.273. The molecule has 0 aliphatic carbocycles. The molecular formula is C22H20N2O2S. The number of allylic oxidation sites excluding steroid dienone is 1. The number of amides is 1. The lowest BCUT2D eigenvalue weighted by atomic mass is 9.85. The Morgan fingerprint density at radius 3 is 2.30 bits per heavy atom. The first kappa shape index (κ1) is 17.8. The van der Waals surface area contributed by atoms with Crippen molar-refractivity contribution < 1.29 is 9.90 Å². The molecule has 1 amide bonds. The molecule has 2 aromatic carbocycles. The summed E-state index contributed by atoms with van der Waals surface area (Å²) in [6.07, 6.45) is 0.185. The number of fused-ring (bicyclic) bond motifs is 1. The maximum absolute atomic E-state index is 13.1. The van der Waals surface area contributed by atoms with Gasteiger partial charge in [-0.2, -0.15) is 5.26 Å². The molecule has 4 nitrogen and oxygen atoms in total. The van der Waals surface area contributed by atoms with E-state index in [4.69, 9.17) is 0 Å². The van der Waals surface area contributed by atoms with E-state index in [1.54, 1.807) is 0 Å². The van der Waals surface area contributed by atoms with E-state index in [0.29, 0.717) is 21.9 Å². The molecule has 5 heteroatoms. The van der Waals surface area contributed by atoms with Crippen molar-refractivity contribution in [1.29, 1.82) is 5.26 Å².